The van der Waals surface area contributed by atoms with Crippen LogP contribution in [0.4, 0.5) is 0 Å². The Morgan fingerprint density at radius 2 is 1.67 bits per heavy atom. The van der Waals surface area contributed by atoms with Crippen LogP contribution in [0.2, 0.25) is 0 Å². The third-order valence-corrected chi connectivity index (χ3v) is 4.11. The fourth-order valence-electron chi connectivity index (χ4n) is 2.84. The molecule has 0 unspecified atom stereocenters. The molecule has 0 spiro atoms. The van der Waals surface area contributed by atoms with Crippen molar-refractivity contribution in [2.24, 2.45) is 5.16 Å². The number of aromatic nitrogens is 1. The molecule has 1 heterocycles. The Labute approximate surface area is 144 Å². The van der Waals surface area contributed by atoms with Crippen LogP contribution < -0.4 is 0 Å². The number of aryl methyl sites for hydroxylation is 2. The fourth-order valence-corrected chi connectivity index (χ4v) is 2.84. The minimum absolute atomic E-state index is 0.653. The van der Waals surface area contributed by atoms with Gasteiger partial charge in [-0.3, -0.25) is 4.98 Å². The summed E-state index contributed by atoms with van der Waals surface area (Å²) in [5.41, 5.74) is 4.23. The van der Waals surface area contributed by atoms with Gasteiger partial charge >= 0.3 is 0 Å². The summed E-state index contributed by atoms with van der Waals surface area (Å²) in [4.78, 5) is 6.48. The van der Waals surface area contributed by atoms with Crippen molar-refractivity contribution in [2.45, 2.75) is 32.1 Å². The fraction of sp³-hybridized carbons (Fsp3) is 0.400. The van der Waals surface area contributed by atoms with E-state index < -0.39 is 0 Å². The van der Waals surface area contributed by atoms with E-state index >= 15 is 0 Å². The minimum Gasteiger partial charge on any atom is -0.411 e. The molecule has 0 radical (unpaired) electrons. The van der Waals surface area contributed by atoms with Crippen LogP contribution in [0.3, 0.4) is 0 Å². The van der Waals surface area contributed by atoms with Gasteiger partial charge in [-0.25, -0.2) is 0 Å². The SMILES string of the molecule is CN(C)CCCc1ccccc1CCCC(=NO)c1ccccn1. The molecule has 0 aliphatic heterocycles. The third-order valence-electron chi connectivity index (χ3n) is 4.11. The zero-order chi connectivity index (χ0) is 17.2. The number of hydrogen-bond acceptors (Lipinski definition) is 4. The van der Waals surface area contributed by atoms with E-state index in [4.69, 9.17) is 0 Å². The van der Waals surface area contributed by atoms with E-state index in [0.717, 1.165) is 37.9 Å². The Kier molecular flexibility index (Phi) is 7.43. The number of pyridine rings is 1. The minimum atomic E-state index is 0.653. The number of oxime groups is 1. The molecule has 0 aliphatic rings. The van der Waals surface area contributed by atoms with Crippen molar-refractivity contribution >= 4 is 5.71 Å². The van der Waals surface area contributed by atoms with E-state index in [9.17, 15) is 5.21 Å². The Morgan fingerprint density at radius 1 is 1.00 bits per heavy atom. The van der Waals surface area contributed by atoms with Crippen molar-refractivity contribution in [3.63, 3.8) is 0 Å². The van der Waals surface area contributed by atoms with Crippen LogP contribution in [-0.4, -0.2) is 41.4 Å². The van der Waals surface area contributed by atoms with Gasteiger partial charge in [0.15, 0.2) is 0 Å². The summed E-state index contributed by atoms with van der Waals surface area (Å²) in [6.07, 6.45) is 6.65. The molecule has 0 saturated heterocycles. The van der Waals surface area contributed by atoms with Crippen molar-refractivity contribution in [3.05, 3.63) is 65.5 Å². The number of nitrogens with zero attached hydrogens (tertiary/aromatic N) is 3. The lowest BCUT2D eigenvalue weighted by Crippen LogP contribution is -2.13. The molecule has 24 heavy (non-hydrogen) atoms. The van der Waals surface area contributed by atoms with Gasteiger partial charge in [-0.1, -0.05) is 35.5 Å². The smallest absolute Gasteiger partial charge is 0.105 e. The topological polar surface area (TPSA) is 48.7 Å². The van der Waals surface area contributed by atoms with Crippen LogP contribution in [-0.2, 0) is 12.8 Å². The largest absolute Gasteiger partial charge is 0.411 e. The zero-order valence-corrected chi connectivity index (χ0v) is 14.7. The Bertz CT molecular complexity index is 638. The molecule has 4 heteroatoms. The van der Waals surface area contributed by atoms with Crippen molar-refractivity contribution in [1.29, 1.82) is 0 Å². The maximum Gasteiger partial charge on any atom is 0.105 e. The van der Waals surface area contributed by atoms with Crippen molar-refractivity contribution in [2.75, 3.05) is 20.6 Å². The van der Waals surface area contributed by atoms with Crippen molar-refractivity contribution < 1.29 is 5.21 Å². The quantitative estimate of drug-likeness (QED) is 0.434. The second-order valence-corrected chi connectivity index (χ2v) is 6.29. The third kappa shape index (κ3) is 5.78. The second kappa shape index (κ2) is 9.83. The summed E-state index contributed by atoms with van der Waals surface area (Å²) < 4.78 is 0. The predicted octanol–water partition coefficient (Wildman–Crippen LogP) is 3.78. The van der Waals surface area contributed by atoms with Crippen LogP contribution in [0.1, 0.15) is 36.1 Å². The first-order chi connectivity index (χ1) is 11.7. The first-order valence-electron chi connectivity index (χ1n) is 8.54. The maximum atomic E-state index is 9.24. The van der Waals surface area contributed by atoms with Gasteiger partial charge in [-0.2, -0.15) is 0 Å². The maximum absolute atomic E-state index is 9.24. The molecule has 2 rings (SSSR count). The molecule has 0 atom stereocenters. The highest BCUT2D eigenvalue weighted by atomic mass is 16.4. The molecule has 4 nitrogen and oxygen atoms in total. The molecule has 1 aromatic heterocycles. The van der Waals surface area contributed by atoms with Crippen LogP contribution in [0, 0.1) is 0 Å². The highest BCUT2D eigenvalue weighted by Gasteiger charge is 2.07. The van der Waals surface area contributed by atoms with E-state index in [1.54, 1.807) is 6.20 Å². The Hall–Kier alpha value is -2.20. The average Bonchev–Trinajstić information content (AvgIpc) is 2.60. The van der Waals surface area contributed by atoms with E-state index in [0.29, 0.717) is 5.71 Å². The lowest BCUT2D eigenvalue weighted by molar-refractivity contribution is 0.317. The van der Waals surface area contributed by atoms with E-state index in [-0.39, 0.29) is 0 Å². The summed E-state index contributed by atoms with van der Waals surface area (Å²) >= 11 is 0. The second-order valence-electron chi connectivity index (χ2n) is 6.29. The van der Waals surface area contributed by atoms with E-state index in [1.165, 1.54) is 17.5 Å². The van der Waals surface area contributed by atoms with Crippen molar-refractivity contribution in [1.82, 2.24) is 9.88 Å². The molecule has 128 valence electrons. The standard InChI is InChI=1S/C20H27N3O/c1-23(2)16-8-12-18-10-4-3-9-17(18)11-7-14-20(22-24)19-13-5-6-15-21-19/h3-6,9-10,13,15,24H,7-8,11-12,14,16H2,1-2H3. The summed E-state index contributed by atoms with van der Waals surface area (Å²) in [5, 5.41) is 12.7. The van der Waals surface area contributed by atoms with Crippen LogP contribution in [0.15, 0.2) is 53.8 Å². The monoisotopic (exact) mass is 325 g/mol. The summed E-state index contributed by atoms with van der Waals surface area (Å²) in [7, 11) is 4.22. The van der Waals surface area contributed by atoms with Crippen molar-refractivity contribution in [3.8, 4) is 0 Å². The average molecular weight is 325 g/mol. The summed E-state index contributed by atoms with van der Waals surface area (Å²) in [5.74, 6) is 0. The summed E-state index contributed by atoms with van der Waals surface area (Å²) in [6.45, 7) is 1.11. The first-order valence-corrected chi connectivity index (χ1v) is 8.54. The molecule has 0 aliphatic carbocycles. The van der Waals surface area contributed by atoms with Crippen LogP contribution in [0.25, 0.3) is 0 Å². The van der Waals surface area contributed by atoms with Gasteiger partial charge in [0.25, 0.3) is 0 Å². The number of rotatable bonds is 9. The molecule has 0 bridgehead atoms. The van der Waals surface area contributed by atoms with Gasteiger partial charge in [0, 0.05) is 6.20 Å². The molecule has 1 N–H and O–H groups in total. The van der Waals surface area contributed by atoms with Gasteiger partial charge < -0.3 is 10.1 Å². The van der Waals surface area contributed by atoms with Gasteiger partial charge in [0.2, 0.25) is 0 Å². The molecule has 0 fully saturated rings. The number of hydrogen-bond donors (Lipinski definition) is 1. The van der Waals surface area contributed by atoms with Gasteiger partial charge in [0.1, 0.15) is 5.71 Å². The van der Waals surface area contributed by atoms with E-state index in [2.05, 4.69) is 53.4 Å². The predicted molar refractivity (Wildman–Crippen MR) is 98.8 cm³/mol. The molecule has 0 saturated carbocycles. The van der Waals surface area contributed by atoms with Crippen LogP contribution in [0.5, 0.6) is 0 Å². The number of benzene rings is 1. The molecule has 0 amide bonds. The van der Waals surface area contributed by atoms with Gasteiger partial charge in [-0.15, -0.1) is 0 Å². The zero-order valence-electron chi connectivity index (χ0n) is 14.7. The molecule has 1 aromatic carbocycles. The van der Waals surface area contributed by atoms with E-state index in [1.807, 2.05) is 18.2 Å². The van der Waals surface area contributed by atoms with Gasteiger partial charge in [0.05, 0.1) is 5.69 Å². The van der Waals surface area contributed by atoms with Gasteiger partial charge in [-0.05, 0) is 76.0 Å². The Balaban J connectivity index is 1.90. The lowest BCUT2D eigenvalue weighted by atomic mass is 9.97. The first kappa shape index (κ1) is 18.1. The highest BCUT2D eigenvalue weighted by molar-refractivity contribution is 5.98. The highest BCUT2D eigenvalue weighted by Crippen LogP contribution is 2.15. The summed E-state index contributed by atoms with van der Waals surface area (Å²) in [6, 6.07) is 14.3. The molecular formula is C20H27N3O. The Morgan fingerprint density at radius 3 is 2.25 bits per heavy atom. The normalized spacial score (nSPS) is 11.9. The molecule has 2 aromatic rings. The van der Waals surface area contributed by atoms with Crippen LogP contribution >= 0.6 is 0 Å². The lowest BCUT2D eigenvalue weighted by Gasteiger charge is -2.12. The molecular weight excluding hydrogens is 298 g/mol.